The largest absolute Gasteiger partial charge is 0.487 e. The summed E-state index contributed by atoms with van der Waals surface area (Å²) in [6, 6.07) is 5.22. The molecule has 3 rings (SSSR count). The van der Waals surface area contributed by atoms with Crippen LogP contribution in [0.3, 0.4) is 0 Å². The number of ether oxygens (including phenoxy) is 1. The highest BCUT2D eigenvalue weighted by atomic mass is 35.5. The fraction of sp³-hybridized carbons (Fsp3) is 0.286. The molecule has 0 N–H and O–H groups in total. The van der Waals surface area contributed by atoms with Crippen LogP contribution < -0.4 is 4.74 Å². The van der Waals surface area contributed by atoms with Crippen molar-refractivity contribution in [2.24, 2.45) is 0 Å². The molecule has 0 unspecified atom stereocenters. The Morgan fingerprint density at radius 2 is 2.24 bits per heavy atom. The van der Waals surface area contributed by atoms with Gasteiger partial charge in [-0.1, -0.05) is 23.2 Å². The molecule has 0 saturated carbocycles. The molecule has 1 aliphatic heterocycles. The van der Waals surface area contributed by atoms with E-state index in [0.29, 0.717) is 33.1 Å². The molecule has 3 heterocycles. The molecule has 21 heavy (non-hydrogen) atoms. The predicted octanol–water partition coefficient (Wildman–Crippen LogP) is 3.74. The Hall–Kier alpha value is -1.30. The summed E-state index contributed by atoms with van der Waals surface area (Å²) in [5.41, 5.74) is 0. The lowest BCUT2D eigenvalue weighted by molar-refractivity contribution is 0.0777. The zero-order valence-corrected chi connectivity index (χ0v) is 13.3. The van der Waals surface area contributed by atoms with Crippen LogP contribution in [0.25, 0.3) is 0 Å². The van der Waals surface area contributed by atoms with Gasteiger partial charge in [0.25, 0.3) is 5.91 Å². The molecule has 4 nitrogen and oxygen atoms in total. The van der Waals surface area contributed by atoms with Crippen molar-refractivity contribution in [2.75, 3.05) is 13.1 Å². The van der Waals surface area contributed by atoms with Crippen molar-refractivity contribution in [1.82, 2.24) is 9.88 Å². The highest BCUT2D eigenvalue weighted by Gasteiger charge is 2.29. The van der Waals surface area contributed by atoms with Gasteiger partial charge < -0.3 is 9.64 Å². The Kier molecular flexibility index (Phi) is 4.33. The maximum absolute atomic E-state index is 12.3. The molecule has 0 aromatic carbocycles. The third kappa shape index (κ3) is 3.31. The van der Waals surface area contributed by atoms with Crippen molar-refractivity contribution in [3.05, 3.63) is 44.8 Å². The second kappa shape index (κ2) is 6.22. The smallest absolute Gasteiger partial charge is 0.264 e. The van der Waals surface area contributed by atoms with Crippen LogP contribution in [0.1, 0.15) is 16.1 Å². The molecule has 1 saturated heterocycles. The average Bonchev–Trinajstić information content (AvgIpc) is 3.10. The number of carbonyl (C=O) groups is 1. The molecule has 0 spiro atoms. The van der Waals surface area contributed by atoms with E-state index in [1.165, 1.54) is 11.3 Å². The molecule has 110 valence electrons. The van der Waals surface area contributed by atoms with Crippen LogP contribution >= 0.6 is 34.5 Å². The number of pyridine rings is 1. The van der Waals surface area contributed by atoms with Crippen molar-refractivity contribution in [3.63, 3.8) is 0 Å². The first-order valence-electron chi connectivity index (χ1n) is 6.44. The fourth-order valence-corrected chi connectivity index (χ4v) is 3.41. The summed E-state index contributed by atoms with van der Waals surface area (Å²) >= 11 is 13.2. The molecule has 1 amide bonds. The van der Waals surface area contributed by atoms with Crippen molar-refractivity contribution in [1.29, 1.82) is 0 Å². The lowest BCUT2D eigenvalue weighted by atomic mass is 10.3. The van der Waals surface area contributed by atoms with Crippen LogP contribution in [-0.4, -0.2) is 35.0 Å². The first-order valence-corrected chi connectivity index (χ1v) is 8.01. The highest BCUT2D eigenvalue weighted by molar-refractivity contribution is 7.17. The molecule has 2 aromatic rings. The van der Waals surface area contributed by atoms with Gasteiger partial charge in [-0.3, -0.25) is 9.78 Å². The fourth-order valence-electron chi connectivity index (χ4n) is 2.23. The number of thiophene rings is 1. The number of amides is 1. The standard InChI is InChI=1S/C14H12Cl2N2O2S/c15-10-7-17-5-3-11(10)20-9-4-6-18(8-9)14(19)12-1-2-13(16)21-12/h1-3,5,7,9H,4,6,8H2/t9-/m0/s1. The van der Waals surface area contributed by atoms with E-state index in [1.807, 2.05) is 0 Å². The van der Waals surface area contributed by atoms with Crippen molar-refractivity contribution >= 4 is 40.4 Å². The maximum Gasteiger partial charge on any atom is 0.264 e. The van der Waals surface area contributed by atoms with E-state index in [4.69, 9.17) is 27.9 Å². The maximum atomic E-state index is 12.3. The number of halogens is 2. The van der Waals surface area contributed by atoms with Gasteiger partial charge in [-0.05, 0) is 12.1 Å². The number of aromatic nitrogens is 1. The van der Waals surface area contributed by atoms with Crippen LogP contribution in [0, 0.1) is 0 Å². The lowest BCUT2D eigenvalue weighted by Gasteiger charge is -2.17. The number of hydrogen-bond acceptors (Lipinski definition) is 4. The van der Waals surface area contributed by atoms with Crippen LogP contribution in [0.5, 0.6) is 5.75 Å². The molecular formula is C14H12Cl2N2O2S. The molecular weight excluding hydrogens is 331 g/mol. The van der Waals surface area contributed by atoms with Gasteiger partial charge in [0.2, 0.25) is 0 Å². The highest BCUT2D eigenvalue weighted by Crippen LogP contribution is 2.27. The molecule has 0 radical (unpaired) electrons. The number of likely N-dealkylation sites (tertiary alicyclic amines) is 1. The quantitative estimate of drug-likeness (QED) is 0.853. The van der Waals surface area contributed by atoms with Crippen LogP contribution in [-0.2, 0) is 0 Å². The lowest BCUT2D eigenvalue weighted by Crippen LogP contribution is -2.30. The normalized spacial score (nSPS) is 18.0. The van der Waals surface area contributed by atoms with Crippen LogP contribution in [0.2, 0.25) is 9.36 Å². The third-order valence-corrected chi connectivity index (χ3v) is 4.75. The summed E-state index contributed by atoms with van der Waals surface area (Å²) < 4.78 is 6.46. The van der Waals surface area contributed by atoms with Gasteiger partial charge in [0, 0.05) is 31.4 Å². The molecule has 1 aliphatic rings. The Morgan fingerprint density at radius 3 is 2.95 bits per heavy atom. The minimum Gasteiger partial charge on any atom is -0.487 e. The van der Waals surface area contributed by atoms with E-state index in [0.717, 1.165) is 6.42 Å². The minimum atomic E-state index is -0.0516. The second-order valence-electron chi connectivity index (χ2n) is 4.69. The summed E-state index contributed by atoms with van der Waals surface area (Å²) in [5.74, 6) is 0.601. The van der Waals surface area contributed by atoms with E-state index in [2.05, 4.69) is 4.98 Å². The summed E-state index contributed by atoms with van der Waals surface area (Å²) in [4.78, 5) is 18.7. The molecule has 0 aliphatic carbocycles. The molecule has 1 fully saturated rings. The van der Waals surface area contributed by atoms with Crippen molar-refractivity contribution in [3.8, 4) is 5.75 Å². The second-order valence-corrected chi connectivity index (χ2v) is 6.81. The Bertz CT molecular complexity index is 662. The Morgan fingerprint density at radius 1 is 1.38 bits per heavy atom. The van der Waals surface area contributed by atoms with Gasteiger partial charge >= 0.3 is 0 Å². The summed E-state index contributed by atoms with van der Waals surface area (Å²) in [5, 5.41) is 0.479. The number of rotatable bonds is 3. The Labute approximate surface area is 136 Å². The summed E-state index contributed by atoms with van der Waals surface area (Å²) in [7, 11) is 0. The number of hydrogen-bond donors (Lipinski definition) is 0. The van der Waals surface area contributed by atoms with Crippen LogP contribution in [0.4, 0.5) is 0 Å². The average molecular weight is 343 g/mol. The van der Waals surface area contributed by atoms with E-state index in [9.17, 15) is 4.79 Å². The molecule has 1 atom stereocenters. The van der Waals surface area contributed by atoms with Gasteiger partial charge in [-0.15, -0.1) is 11.3 Å². The van der Waals surface area contributed by atoms with E-state index in [-0.39, 0.29) is 12.0 Å². The molecule has 7 heteroatoms. The third-order valence-electron chi connectivity index (χ3n) is 3.25. The van der Waals surface area contributed by atoms with Crippen molar-refractivity contribution < 1.29 is 9.53 Å². The van der Waals surface area contributed by atoms with E-state index < -0.39 is 0 Å². The van der Waals surface area contributed by atoms with Crippen molar-refractivity contribution in [2.45, 2.75) is 12.5 Å². The van der Waals surface area contributed by atoms with Gasteiger partial charge in [0.15, 0.2) is 0 Å². The summed E-state index contributed by atoms with van der Waals surface area (Å²) in [6.45, 7) is 1.22. The number of carbonyl (C=O) groups excluding carboxylic acids is 1. The van der Waals surface area contributed by atoms with Crippen LogP contribution in [0.15, 0.2) is 30.6 Å². The topological polar surface area (TPSA) is 42.4 Å². The zero-order chi connectivity index (χ0) is 14.8. The van der Waals surface area contributed by atoms with Gasteiger partial charge in [0.05, 0.1) is 15.8 Å². The van der Waals surface area contributed by atoms with E-state index in [1.54, 1.807) is 35.5 Å². The first kappa shape index (κ1) is 14.6. The van der Waals surface area contributed by atoms with E-state index >= 15 is 0 Å². The SMILES string of the molecule is O=C(c1ccc(Cl)s1)N1CC[C@H](Oc2ccncc2Cl)C1. The first-order chi connectivity index (χ1) is 10.1. The minimum absolute atomic E-state index is 0.00109. The van der Waals surface area contributed by atoms with Gasteiger partial charge in [-0.25, -0.2) is 0 Å². The predicted molar refractivity (Wildman–Crippen MR) is 83.5 cm³/mol. The Balaban J connectivity index is 1.63. The van der Waals surface area contributed by atoms with Gasteiger partial charge in [0.1, 0.15) is 16.9 Å². The summed E-state index contributed by atoms with van der Waals surface area (Å²) in [6.07, 6.45) is 3.91. The molecule has 0 bridgehead atoms. The zero-order valence-electron chi connectivity index (χ0n) is 11.0. The van der Waals surface area contributed by atoms with Gasteiger partial charge in [-0.2, -0.15) is 0 Å². The number of nitrogens with zero attached hydrogens (tertiary/aromatic N) is 2. The monoisotopic (exact) mass is 342 g/mol. The molecule has 2 aromatic heterocycles.